The number of fused-ring (bicyclic) bond motifs is 1. The first-order valence-electron chi connectivity index (χ1n) is 8.47. The van der Waals surface area contributed by atoms with E-state index >= 15 is 0 Å². The third-order valence-corrected chi connectivity index (χ3v) is 4.64. The maximum Gasteiger partial charge on any atom is 0.248 e. The Morgan fingerprint density at radius 3 is 2.68 bits per heavy atom. The van der Waals surface area contributed by atoms with Crippen LogP contribution in [0.25, 0.3) is 10.9 Å². The van der Waals surface area contributed by atoms with Gasteiger partial charge in [-0.2, -0.15) is 5.26 Å². The highest BCUT2D eigenvalue weighted by molar-refractivity contribution is 6.13. The molecule has 1 aliphatic rings. The van der Waals surface area contributed by atoms with E-state index in [1.807, 2.05) is 34.9 Å². The molecule has 1 amide bonds. The molecule has 2 aromatic rings. The molecule has 1 aliphatic heterocycles. The Balaban J connectivity index is 1.97. The number of likely N-dealkylation sites (tertiary alicyclic amines) is 1. The summed E-state index contributed by atoms with van der Waals surface area (Å²) in [6.45, 7) is 2.17. The molecule has 0 bridgehead atoms. The van der Waals surface area contributed by atoms with Crippen LogP contribution in [0, 0.1) is 17.2 Å². The highest BCUT2D eigenvalue weighted by Crippen LogP contribution is 2.23. The van der Waals surface area contributed by atoms with E-state index in [4.69, 9.17) is 4.74 Å². The fourth-order valence-corrected chi connectivity index (χ4v) is 3.33. The Morgan fingerprint density at radius 2 is 2.00 bits per heavy atom. The lowest BCUT2D eigenvalue weighted by atomic mass is 10.0. The summed E-state index contributed by atoms with van der Waals surface area (Å²) in [5.41, 5.74) is 1.28. The summed E-state index contributed by atoms with van der Waals surface area (Å²) in [6, 6.07) is 11.3. The number of rotatable bonds is 6. The van der Waals surface area contributed by atoms with Crippen molar-refractivity contribution in [3.8, 4) is 6.07 Å². The van der Waals surface area contributed by atoms with Crippen molar-refractivity contribution in [3.05, 3.63) is 36.0 Å². The zero-order chi connectivity index (χ0) is 17.8. The van der Waals surface area contributed by atoms with E-state index < -0.39 is 11.7 Å². The molecule has 1 aromatic carbocycles. The van der Waals surface area contributed by atoms with Crippen LogP contribution in [0.15, 0.2) is 30.3 Å². The maximum atomic E-state index is 13.0. The van der Waals surface area contributed by atoms with Crippen LogP contribution in [0.3, 0.4) is 0 Å². The molecule has 0 N–H and O–H groups in total. The van der Waals surface area contributed by atoms with Crippen molar-refractivity contribution in [1.29, 1.82) is 5.26 Å². The number of amides is 1. The molecule has 1 saturated heterocycles. The molecule has 0 unspecified atom stereocenters. The number of benzene rings is 1. The first-order valence-corrected chi connectivity index (χ1v) is 8.47. The molecule has 0 radical (unpaired) electrons. The number of nitriles is 1. The summed E-state index contributed by atoms with van der Waals surface area (Å²) in [6.07, 6.45) is 1.85. The van der Waals surface area contributed by atoms with Crippen LogP contribution >= 0.6 is 0 Å². The number of hydrogen-bond donors (Lipinski definition) is 0. The lowest BCUT2D eigenvalue weighted by Gasteiger charge is -2.18. The van der Waals surface area contributed by atoms with Gasteiger partial charge in [-0.25, -0.2) is 0 Å². The number of hydrogen-bond acceptors (Lipinski definition) is 4. The monoisotopic (exact) mass is 339 g/mol. The molecule has 130 valence electrons. The number of aromatic nitrogens is 1. The van der Waals surface area contributed by atoms with Gasteiger partial charge in [0.15, 0.2) is 5.92 Å². The molecular formula is C19H21N3O3. The zero-order valence-electron chi connectivity index (χ0n) is 14.3. The number of Topliss-reactive ketones (excluding diaryl/α,β-unsaturated/α-hetero) is 1. The summed E-state index contributed by atoms with van der Waals surface area (Å²) in [7, 11) is 1.60. The number of para-hydroxylation sites is 1. The molecule has 6 heteroatoms. The van der Waals surface area contributed by atoms with E-state index in [-0.39, 0.29) is 5.91 Å². The van der Waals surface area contributed by atoms with Crippen LogP contribution in [0.4, 0.5) is 0 Å². The number of carbonyl (C=O) groups excluding carboxylic acids is 2. The van der Waals surface area contributed by atoms with Crippen LogP contribution in [0.1, 0.15) is 23.3 Å². The van der Waals surface area contributed by atoms with Crippen molar-refractivity contribution < 1.29 is 14.3 Å². The van der Waals surface area contributed by atoms with Crippen molar-refractivity contribution in [1.82, 2.24) is 9.47 Å². The topological polar surface area (TPSA) is 75.3 Å². The van der Waals surface area contributed by atoms with Gasteiger partial charge in [0.2, 0.25) is 11.7 Å². The number of nitrogens with zero attached hydrogens (tertiary/aromatic N) is 3. The molecule has 1 aromatic heterocycles. The lowest BCUT2D eigenvalue weighted by Crippen LogP contribution is -2.37. The quantitative estimate of drug-likeness (QED) is 0.597. The minimum absolute atomic E-state index is 0.381. The molecule has 0 spiro atoms. The van der Waals surface area contributed by atoms with Crippen molar-refractivity contribution in [2.45, 2.75) is 19.4 Å². The number of carbonyl (C=O) groups is 2. The van der Waals surface area contributed by atoms with Gasteiger partial charge in [-0.3, -0.25) is 9.59 Å². The predicted octanol–water partition coefficient (Wildman–Crippen LogP) is 2.23. The standard InChI is InChI=1S/C19H21N3O3/c1-25-11-10-22-16-7-3-2-6-14(16)12-17(22)18(23)15(13-20)19(24)21-8-4-5-9-21/h2-3,6-7,12,15H,4-5,8-11H2,1H3/t15-/m1/s1. The molecule has 0 saturated carbocycles. The average molecular weight is 339 g/mol. The second-order valence-corrected chi connectivity index (χ2v) is 6.19. The van der Waals surface area contributed by atoms with E-state index in [9.17, 15) is 14.9 Å². The summed E-state index contributed by atoms with van der Waals surface area (Å²) in [5, 5.41) is 10.4. The number of ether oxygens (including phenoxy) is 1. The van der Waals surface area contributed by atoms with Gasteiger partial charge in [-0.05, 0) is 25.0 Å². The highest BCUT2D eigenvalue weighted by atomic mass is 16.5. The van der Waals surface area contributed by atoms with Gasteiger partial charge < -0.3 is 14.2 Å². The molecule has 2 heterocycles. The van der Waals surface area contributed by atoms with E-state index in [2.05, 4.69) is 0 Å². The van der Waals surface area contributed by atoms with Gasteiger partial charge in [0, 0.05) is 37.6 Å². The van der Waals surface area contributed by atoms with Gasteiger partial charge >= 0.3 is 0 Å². The normalized spacial score (nSPS) is 15.3. The first kappa shape index (κ1) is 17.2. The van der Waals surface area contributed by atoms with Crippen LogP contribution < -0.4 is 0 Å². The lowest BCUT2D eigenvalue weighted by molar-refractivity contribution is -0.131. The summed E-state index contributed by atoms with van der Waals surface area (Å²) in [5.74, 6) is -2.11. The Kier molecular flexibility index (Phi) is 5.15. The van der Waals surface area contributed by atoms with Gasteiger partial charge in [0.05, 0.1) is 18.4 Å². The van der Waals surface area contributed by atoms with E-state index in [1.54, 1.807) is 18.1 Å². The fraction of sp³-hybridized carbons (Fsp3) is 0.421. The third-order valence-electron chi connectivity index (χ3n) is 4.64. The predicted molar refractivity (Wildman–Crippen MR) is 93.1 cm³/mol. The minimum Gasteiger partial charge on any atom is -0.383 e. The molecule has 0 aliphatic carbocycles. The Bertz CT molecular complexity index is 828. The zero-order valence-corrected chi connectivity index (χ0v) is 14.3. The van der Waals surface area contributed by atoms with Crippen molar-refractivity contribution >= 4 is 22.6 Å². The van der Waals surface area contributed by atoms with E-state index in [0.29, 0.717) is 31.9 Å². The second kappa shape index (κ2) is 7.49. The molecule has 6 nitrogen and oxygen atoms in total. The average Bonchev–Trinajstić information content (AvgIpc) is 3.28. The van der Waals surface area contributed by atoms with Gasteiger partial charge in [-0.15, -0.1) is 0 Å². The van der Waals surface area contributed by atoms with Gasteiger partial charge in [0.1, 0.15) is 0 Å². The van der Waals surface area contributed by atoms with Gasteiger partial charge in [-0.1, -0.05) is 18.2 Å². The number of ketones is 1. The summed E-state index contributed by atoms with van der Waals surface area (Å²) >= 11 is 0. The van der Waals surface area contributed by atoms with Crippen molar-refractivity contribution in [3.63, 3.8) is 0 Å². The van der Waals surface area contributed by atoms with Crippen molar-refractivity contribution in [2.24, 2.45) is 5.92 Å². The van der Waals surface area contributed by atoms with E-state index in [0.717, 1.165) is 23.7 Å². The van der Waals surface area contributed by atoms with Crippen LogP contribution in [-0.4, -0.2) is 48.0 Å². The molecular weight excluding hydrogens is 318 g/mol. The first-order chi connectivity index (χ1) is 12.2. The minimum atomic E-state index is -1.29. The molecule has 1 fully saturated rings. The Morgan fingerprint density at radius 1 is 1.28 bits per heavy atom. The largest absolute Gasteiger partial charge is 0.383 e. The SMILES string of the molecule is COCCn1c(C(=O)[C@@H](C#N)C(=O)N2CCCC2)cc2ccccc21. The Labute approximate surface area is 146 Å². The molecule has 25 heavy (non-hydrogen) atoms. The van der Waals surface area contributed by atoms with Crippen LogP contribution in [-0.2, 0) is 16.1 Å². The summed E-state index contributed by atoms with van der Waals surface area (Å²) in [4.78, 5) is 27.2. The van der Waals surface area contributed by atoms with E-state index in [1.165, 1.54) is 0 Å². The van der Waals surface area contributed by atoms with Crippen LogP contribution in [0.5, 0.6) is 0 Å². The molecule has 3 rings (SSSR count). The Hall–Kier alpha value is -2.65. The fourth-order valence-electron chi connectivity index (χ4n) is 3.33. The second-order valence-electron chi connectivity index (χ2n) is 6.19. The van der Waals surface area contributed by atoms with Crippen molar-refractivity contribution in [2.75, 3.05) is 26.8 Å². The summed E-state index contributed by atoms with van der Waals surface area (Å²) < 4.78 is 6.98. The van der Waals surface area contributed by atoms with Gasteiger partial charge in [0.25, 0.3) is 0 Å². The number of methoxy groups -OCH3 is 1. The highest BCUT2D eigenvalue weighted by Gasteiger charge is 2.34. The third kappa shape index (κ3) is 3.28. The molecule has 1 atom stereocenters. The smallest absolute Gasteiger partial charge is 0.248 e. The maximum absolute atomic E-state index is 13.0. The van der Waals surface area contributed by atoms with Crippen LogP contribution in [0.2, 0.25) is 0 Å².